The van der Waals surface area contributed by atoms with Gasteiger partial charge in [0.15, 0.2) is 0 Å². The molecule has 0 saturated heterocycles. The fourth-order valence-electron chi connectivity index (χ4n) is 3.75. The molecule has 1 aromatic rings. The van der Waals surface area contributed by atoms with E-state index in [0.717, 1.165) is 31.2 Å². The highest BCUT2D eigenvalue weighted by atomic mass is 16.5. The second-order valence-corrected chi connectivity index (χ2v) is 9.64. The van der Waals surface area contributed by atoms with Crippen LogP contribution in [0.25, 0.3) is 0 Å². The number of ether oxygens (including phenoxy) is 1. The highest BCUT2D eigenvalue weighted by Crippen LogP contribution is 2.18. The molecule has 0 heterocycles. The molecule has 0 spiro atoms. The van der Waals surface area contributed by atoms with Gasteiger partial charge in [0.25, 0.3) is 5.91 Å². The number of esters is 1. The number of nitrogens with one attached hydrogen (secondary N) is 3. The van der Waals surface area contributed by atoms with Crippen LogP contribution in [0.3, 0.4) is 0 Å². The number of carbonyl (C=O) groups excluding carboxylic acids is 5. The summed E-state index contributed by atoms with van der Waals surface area (Å²) in [6.45, 7) is 3.62. The highest BCUT2D eigenvalue weighted by molar-refractivity contribution is 6.38. The minimum atomic E-state index is -1.04. The zero-order chi connectivity index (χ0) is 26.5. The summed E-state index contributed by atoms with van der Waals surface area (Å²) in [5.74, 6) is -2.61. The summed E-state index contributed by atoms with van der Waals surface area (Å²) >= 11 is 0. The Morgan fingerprint density at radius 2 is 1.56 bits per heavy atom. The average Bonchev–Trinajstić information content (AvgIpc) is 3.67. The maximum Gasteiger partial charge on any atom is 0.305 e. The maximum absolute atomic E-state index is 13.1. The van der Waals surface area contributed by atoms with Gasteiger partial charge in [0, 0.05) is 25.3 Å². The molecular weight excluding hydrogens is 462 g/mol. The highest BCUT2D eigenvalue weighted by Gasteiger charge is 2.34. The molecule has 1 aliphatic rings. The number of methoxy groups -OCH3 is 1. The first-order chi connectivity index (χ1) is 17.2. The van der Waals surface area contributed by atoms with Gasteiger partial charge in [-0.1, -0.05) is 57.0 Å². The van der Waals surface area contributed by atoms with E-state index < -0.39 is 29.7 Å². The molecule has 9 heteroatoms. The molecule has 0 bridgehead atoms. The molecule has 0 radical (unpaired) electrons. The van der Waals surface area contributed by atoms with Gasteiger partial charge in [-0.15, -0.1) is 0 Å². The minimum Gasteiger partial charge on any atom is -0.469 e. The normalized spacial score (nSPS) is 14.4. The summed E-state index contributed by atoms with van der Waals surface area (Å²) in [4.78, 5) is 62.1. The van der Waals surface area contributed by atoms with Crippen LogP contribution in [-0.2, 0) is 35.1 Å². The number of amides is 3. The number of Topliss-reactive ketones (excluding diaryl/α,β-unsaturated/α-hetero) is 1. The molecule has 1 saturated carbocycles. The van der Waals surface area contributed by atoms with Crippen LogP contribution in [0.1, 0.15) is 70.8 Å². The molecule has 1 aromatic carbocycles. The van der Waals surface area contributed by atoms with Crippen LogP contribution in [0, 0.1) is 5.92 Å². The Labute approximate surface area is 213 Å². The van der Waals surface area contributed by atoms with E-state index in [1.807, 2.05) is 44.2 Å². The Hall–Kier alpha value is -3.23. The van der Waals surface area contributed by atoms with Crippen molar-refractivity contribution >= 4 is 29.5 Å². The molecule has 0 aliphatic heterocycles. The summed E-state index contributed by atoms with van der Waals surface area (Å²) in [5, 5.41) is 8.19. The Bertz CT molecular complexity index is 898. The molecule has 3 amide bonds. The van der Waals surface area contributed by atoms with Gasteiger partial charge in [-0.25, -0.2) is 0 Å². The third-order valence-electron chi connectivity index (χ3n) is 6.08. The van der Waals surface area contributed by atoms with Gasteiger partial charge in [0.1, 0.15) is 12.1 Å². The summed E-state index contributed by atoms with van der Waals surface area (Å²) in [7, 11) is 1.36. The number of hydrogen-bond donors (Lipinski definition) is 3. The first-order valence-electron chi connectivity index (χ1n) is 12.8. The molecule has 1 fully saturated rings. The van der Waals surface area contributed by atoms with Crippen molar-refractivity contribution < 1.29 is 28.7 Å². The Morgan fingerprint density at radius 3 is 2.14 bits per heavy atom. The van der Waals surface area contributed by atoms with Crippen molar-refractivity contribution in [3.63, 3.8) is 0 Å². The zero-order valence-electron chi connectivity index (χ0n) is 21.5. The molecule has 36 heavy (non-hydrogen) atoms. The van der Waals surface area contributed by atoms with Gasteiger partial charge in [-0.05, 0) is 37.2 Å². The summed E-state index contributed by atoms with van der Waals surface area (Å²) in [5.41, 5.74) is 0.813. The largest absolute Gasteiger partial charge is 0.469 e. The van der Waals surface area contributed by atoms with E-state index in [2.05, 4.69) is 20.7 Å². The van der Waals surface area contributed by atoms with Gasteiger partial charge in [-0.2, -0.15) is 0 Å². The first kappa shape index (κ1) is 29.0. The molecule has 1 unspecified atom stereocenters. The van der Waals surface area contributed by atoms with E-state index in [1.54, 1.807) is 0 Å². The quantitative estimate of drug-likeness (QED) is 0.181. The summed E-state index contributed by atoms with van der Waals surface area (Å²) in [6.07, 6.45) is 5.42. The number of benzene rings is 1. The van der Waals surface area contributed by atoms with Crippen molar-refractivity contribution in [3.05, 3.63) is 35.9 Å². The lowest BCUT2D eigenvalue weighted by Gasteiger charge is -2.25. The predicted molar refractivity (Wildman–Crippen MR) is 135 cm³/mol. The molecule has 2 rings (SSSR count). The van der Waals surface area contributed by atoms with Crippen molar-refractivity contribution in [1.82, 2.24) is 16.0 Å². The summed E-state index contributed by atoms with van der Waals surface area (Å²) in [6, 6.07) is 7.32. The fourth-order valence-corrected chi connectivity index (χ4v) is 3.75. The second-order valence-electron chi connectivity index (χ2n) is 9.64. The van der Waals surface area contributed by atoms with E-state index in [9.17, 15) is 24.0 Å². The van der Waals surface area contributed by atoms with Crippen LogP contribution in [0.15, 0.2) is 30.3 Å². The SMILES string of the molecule is COC(=O)CCCCCCC(=O)N[C@H](C(=O)NC(Cc1ccccc1)C(=O)C(=O)NC1CC1)C(C)C. The standard InChI is InChI=1S/C27H39N3O6/c1-18(2)24(30-22(31)13-9-4-5-10-14-23(32)36-3)26(34)29-21(17-19-11-7-6-8-12-19)25(33)27(35)28-20-15-16-20/h6-8,11-12,18,20-21,24H,4-5,9-10,13-17H2,1-3H3,(H,28,35)(H,29,34)(H,30,31)/t21?,24-/m0/s1. The van der Waals surface area contributed by atoms with E-state index in [4.69, 9.17) is 0 Å². The van der Waals surface area contributed by atoms with Gasteiger partial charge in [-0.3, -0.25) is 24.0 Å². The molecule has 198 valence electrons. The Morgan fingerprint density at radius 1 is 0.917 bits per heavy atom. The van der Waals surface area contributed by atoms with E-state index in [0.29, 0.717) is 19.3 Å². The van der Waals surface area contributed by atoms with Gasteiger partial charge in [0.05, 0.1) is 7.11 Å². The Kier molecular flexibility index (Phi) is 12.1. The molecular formula is C27H39N3O6. The number of rotatable bonds is 16. The third-order valence-corrected chi connectivity index (χ3v) is 6.08. The number of ketones is 1. The Balaban J connectivity index is 1.92. The van der Waals surface area contributed by atoms with Crippen LogP contribution >= 0.6 is 0 Å². The molecule has 0 aromatic heterocycles. The molecule has 3 N–H and O–H groups in total. The topological polar surface area (TPSA) is 131 Å². The van der Waals surface area contributed by atoms with Crippen LogP contribution in [0.5, 0.6) is 0 Å². The van der Waals surface area contributed by atoms with Crippen LogP contribution < -0.4 is 16.0 Å². The average molecular weight is 502 g/mol. The first-order valence-corrected chi connectivity index (χ1v) is 12.8. The molecule has 2 atom stereocenters. The van der Waals surface area contributed by atoms with Gasteiger partial charge >= 0.3 is 5.97 Å². The van der Waals surface area contributed by atoms with E-state index in [1.165, 1.54) is 7.11 Å². The lowest BCUT2D eigenvalue weighted by molar-refractivity contribution is -0.140. The van der Waals surface area contributed by atoms with Crippen molar-refractivity contribution in [2.75, 3.05) is 7.11 Å². The van der Waals surface area contributed by atoms with E-state index >= 15 is 0 Å². The fraction of sp³-hybridized carbons (Fsp3) is 0.593. The summed E-state index contributed by atoms with van der Waals surface area (Å²) < 4.78 is 4.61. The van der Waals surface area contributed by atoms with Crippen molar-refractivity contribution in [2.45, 2.75) is 89.8 Å². The van der Waals surface area contributed by atoms with Crippen LogP contribution in [0.2, 0.25) is 0 Å². The minimum absolute atomic E-state index is 0.0256. The van der Waals surface area contributed by atoms with Crippen LogP contribution in [-0.4, -0.2) is 54.7 Å². The zero-order valence-corrected chi connectivity index (χ0v) is 21.5. The van der Waals surface area contributed by atoms with Crippen molar-refractivity contribution in [3.8, 4) is 0 Å². The smallest absolute Gasteiger partial charge is 0.305 e. The lowest BCUT2D eigenvalue weighted by Crippen LogP contribution is -2.56. The predicted octanol–water partition coefficient (Wildman–Crippen LogP) is 2.22. The molecule has 9 nitrogen and oxygen atoms in total. The second kappa shape index (κ2) is 15.0. The molecule has 1 aliphatic carbocycles. The number of unbranched alkanes of at least 4 members (excludes halogenated alkanes) is 3. The van der Waals surface area contributed by atoms with Crippen molar-refractivity contribution in [1.29, 1.82) is 0 Å². The van der Waals surface area contributed by atoms with E-state index in [-0.39, 0.29) is 36.7 Å². The number of carbonyl (C=O) groups is 5. The van der Waals surface area contributed by atoms with Crippen LogP contribution in [0.4, 0.5) is 0 Å². The van der Waals surface area contributed by atoms with Crippen molar-refractivity contribution in [2.24, 2.45) is 5.92 Å². The van der Waals surface area contributed by atoms with Gasteiger partial charge in [0.2, 0.25) is 17.6 Å². The number of hydrogen-bond acceptors (Lipinski definition) is 6. The lowest BCUT2D eigenvalue weighted by atomic mass is 9.98. The van der Waals surface area contributed by atoms with Gasteiger partial charge < -0.3 is 20.7 Å². The maximum atomic E-state index is 13.1. The third kappa shape index (κ3) is 10.6. The monoisotopic (exact) mass is 501 g/mol.